The van der Waals surface area contributed by atoms with Crippen molar-refractivity contribution < 1.29 is 14.3 Å². The van der Waals surface area contributed by atoms with Crippen LogP contribution in [-0.2, 0) is 9.53 Å². The number of aromatic nitrogens is 2. The molecule has 0 aliphatic heterocycles. The summed E-state index contributed by atoms with van der Waals surface area (Å²) in [6.07, 6.45) is 0.996. The molecule has 6 nitrogen and oxygen atoms in total. The van der Waals surface area contributed by atoms with Crippen LogP contribution in [0.3, 0.4) is 0 Å². The highest BCUT2D eigenvalue weighted by atomic mass is 35.5. The van der Waals surface area contributed by atoms with E-state index in [1.807, 2.05) is 6.92 Å². The smallest absolute Gasteiger partial charge is 0.234 e. The van der Waals surface area contributed by atoms with Crippen LogP contribution in [-0.4, -0.2) is 36.2 Å². The van der Waals surface area contributed by atoms with E-state index in [9.17, 15) is 4.79 Å². The van der Waals surface area contributed by atoms with Gasteiger partial charge in [0.15, 0.2) is 0 Å². The lowest BCUT2D eigenvalue weighted by Gasteiger charge is -2.06. The highest BCUT2D eigenvalue weighted by Gasteiger charge is 2.07. The number of anilines is 1. The van der Waals surface area contributed by atoms with E-state index in [1.165, 1.54) is 13.2 Å². The summed E-state index contributed by atoms with van der Waals surface area (Å²) >= 11 is 5.76. The predicted molar refractivity (Wildman–Crippen MR) is 68.0 cm³/mol. The number of hydrogen-bond acceptors (Lipinski definition) is 5. The van der Waals surface area contributed by atoms with E-state index in [2.05, 4.69) is 15.3 Å². The lowest BCUT2D eigenvalue weighted by molar-refractivity contribution is -0.116. The number of carbonyl (C=O) groups excluding carboxylic acids is 1. The van der Waals surface area contributed by atoms with Crippen LogP contribution < -0.4 is 10.1 Å². The topological polar surface area (TPSA) is 73.3 Å². The molecule has 0 unspecified atom stereocenters. The van der Waals surface area contributed by atoms with Crippen molar-refractivity contribution in [1.82, 2.24) is 9.97 Å². The first-order chi connectivity index (χ1) is 8.65. The van der Waals surface area contributed by atoms with Crippen molar-refractivity contribution in [1.29, 1.82) is 0 Å². The average Bonchev–Trinajstić information content (AvgIpc) is 2.34. The van der Waals surface area contributed by atoms with Crippen LogP contribution in [0.2, 0.25) is 5.15 Å². The van der Waals surface area contributed by atoms with Gasteiger partial charge in [-0.25, -0.2) is 4.98 Å². The molecule has 0 bridgehead atoms. The van der Waals surface area contributed by atoms with Crippen LogP contribution in [0.1, 0.15) is 19.8 Å². The Bertz CT molecular complexity index is 401. The average molecular weight is 274 g/mol. The van der Waals surface area contributed by atoms with Gasteiger partial charge in [0.2, 0.25) is 17.7 Å². The van der Waals surface area contributed by atoms with E-state index >= 15 is 0 Å². The first kappa shape index (κ1) is 14.7. The van der Waals surface area contributed by atoms with Crippen molar-refractivity contribution in [2.45, 2.75) is 19.8 Å². The molecule has 0 saturated carbocycles. The Morgan fingerprint density at radius 3 is 2.94 bits per heavy atom. The van der Waals surface area contributed by atoms with E-state index in [0.717, 1.165) is 0 Å². The Morgan fingerprint density at radius 1 is 1.50 bits per heavy atom. The fraction of sp³-hybridized carbons (Fsp3) is 0.545. The van der Waals surface area contributed by atoms with Gasteiger partial charge in [-0.1, -0.05) is 11.6 Å². The number of nitrogens with one attached hydrogen (secondary N) is 1. The first-order valence-electron chi connectivity index (χ1n) is 5.62. The van der Waals surface area contributed by atoms with Gasteiger partial charge in [0, 0.05) is 25.7 Å². The number of ether oxygens (including phenoxy) is 2. The Balaban J connectivity index is 2.46. The largest absolute Gasteiger partial charge is 0.481 e. The Kier molecular flexibility index (Phi) is 6.38. The molecule has 0 radical (unpaired) electrons. The zero-order chi connectivity index (χ0) is 13.4. The second-order valence-corrected chi connectivity index (χ2v) is 3.79. The van der Waals surface area contributed by atoms with Crippen molar-refractivity contribution in [3.63, 3.8) is 0 Å². The van der Waals surface area contributed by atoms with Crippen LogP contribution in [0.25, 0.3) is 0 Å². The molecule has 0 fully saturated rings. The normalized spacial score (nSPS) is 10.2. The zero-order valence-corrected chi connectivity index (χ0v) is 11.2. The lowest BCUT2D eigenvalue weighted by atomic mass is 10.3. The van der Waals surface area contributed by atoms with Gasteiger partial charge in [-0.05, 0) is 13.3 Å². The second-order valence-electron chi connectivity index (χ2n) is 3.41. The third-order valence-corrected chi connectivity index (χ3v) is 2.22. The van der Waals surface area contributed by atoms with E-state index in [0.29, 0.717) is 31.9 Å². The SMILES string of the molecule is CCOCCCC(=O)Nc1nc(Cl)cc(OC)n1. The Morgan fingerprint density at radius 2 is 2.28 bits per heavy atom. The molecular formula is C11H16ClN3O3. The maximum atomic E-state index is 11.6. The van der Waals surface area contributed by atoms with Gasteiger partial charge in [0.1, 0.15) is 5.15 Å². The van der Waals surface area contributed by atoms with Gasteiger partial charge in [-0.2, -0.15) is 4.98 Å². The molecule has 18 heavy (non-hydrogen) atoms. The van der Waals surface area contributed by atoms with E-state index < -0.39 is 0 Å². The van der Waals surface area contributed by atoms with Crippen molar-refractivity contribution in [2.24, 2.45) is 0 Å². The fourth-order valence-electron chi connectivity index (χ4n) is 1.22. The molecule has 1 amide bonds. The van der Waals surface area contributed by atoms with Gasteiger partial charge in [-0.15, -0.1) is 0 Å². The minimum Gasteiger partial charge on any atom is -0.481 e. The third kappa shape index (κ3) is 5.29. The molecule has 0 saturated heterocycles. The molecule has 0 aliphatic carbocycles. The maximum absolute atomic E-state index is 11.6. The molecule has 1 aromatic rings. The minimum atomic E-state index is -0.181. The number of methoxy groups -OCH3 is 1. The van der Waals surface area contributed by atoms with Crippen molar-refractivity contribution >= 4 is 23.5 Å². The molecular weight excluding hydrogens is 258 g/mol. The van der Waals surface area contributed by atoms with E-state index in [4.69, 9.17) is 21.1 Å². The second kappa shape index (κ2) is 7.84. The highest BCUT2D eigenvalue weighted by molar-refractivity contribution is 6.29. The summed E-state index contributed by atoms with van der Waals surface area (Å²) in [4.78, 5) is 19.4. The lowest BCUT2D eigenvalue weighted by Crippen LogP contribution is -2.14. The van der Waals surface area contributed by atoms with Gasteiger partial charge in [0.25, 0.3) is 0 Å². The quantitative estimate of drug-likeness (QED) is 0.607. The van der Waals surface area contributed by atoms with E-state index in [-0.39, 0.29) is 17.0 Å². The Hall–Kier alpha value is -1.40. The molecule has 7 heteroatoms. The number of rotatable bonds is 7. The van der Waals surface area contributed by atoms with Crippen molar-refractivity contribution in [2.75, 3.05) is 25.6 Å². The van der Waals surface area contributed by atoms with Crippen LogP contribution in [0.5, 0.6) is 5.88 Å². The zero-order valence-electron chi connectivity index (χ0n) is 10.4. The minimum absolute atomic E-state index is 0.140. The predicted octanol–water partition coefficient (Wildman–Crippen LogP) is 1.89. The van der Waals surface area contributed by atoms with E-state index in [1.54, 1.807) is 0 Å². The van der Waals surface area contributed by atoms with Gasteiger partial charge in [0.05, 0.1) is 7.11 Å². The molecule has 1 aromatic heterocycles. The van der Waals surface area contributed by atoms with Gasteiger partial charge in [-0.3, -0.25) is 10.1 Å². The first-order valence-corrected chi connectivity index (χ1v) is 5.99. The van der Waals surface area contributed by atoms with Crippen LogP contribution >= 0.6 is 11.6 Å². The summed E-state index contributed by atoms with van der Waals surface area (Å²) in [5.41, 5.74) is 0. The molecule has 0 atom stereocenters. The molecule has 0 aromatic carbocycles. The van der Waals surface area contributed by atoms with Gasteiger partial charge < -0.3 is 9.47 Å². The van der Waals surface area contributed by atoms with Crippen LogP contribution in [0, 0.1) is 0 Å². The summed E-state index contributed by atoms with van der Waals surface area (Å²) < 4.78 is 10.1. The molecule has 1 N–H and O–H groups in total. The standard InChI is InChI=1S/C11H16ClN3O3/c1-3-18-6-4-5-9(16)14-11-13-8(12)7-10(15-11)17-2/h7H,3-6H2,1-2H3,(H,13,14,15,16). The number of amides is 1. The number of nitrogens with zero attached hydrogens (tertiary/aromatic N) is 2. The molecule has 100 valence electrons. The Labute approximate surface area is 111 Å². The third-order valence-electron chi connectivity index (χ3n) is 2.03. The summed E-state index contributed by atoms with van der Waals surface area (Å²) in [7, 11) is 1.46. The summed E-state index contributed by atoms with van der Waals surface area (Å²) in [6, 6.07) is 1.46. The number of halogens is 1. The molecule has 1 rings (SSSR count). The summed E-state index contributed by atoms with van der Waals surface area (Å²) in [5.74, 6) is 0.263. The van der Waals surface area contributed by atoms with Crippen molar-refractivity contribution in [3.05, 3.63) is 11.2 Å². The number of hydrogen-bond donors (Lipinski definition) is 1. The fourth-order valence-corrected chi connectivity index (χ4v) is 1.40. The monoisotopic (exact) mass is 273 g/mol. The van der Waals surface area contributed by atoms with Crippen molar-refractivity contribution in [3.8, 4) is 5.88 Å². The summed E-state index contributed by atoms with van der Waals surface area (Å²) in [6.45, 7) is 3.12. The molecule has 1 heterocycles. The molecule has 0 spiro atoms. The maximum Gasteiger partial charge on any atom is 0.234 e. The summed E-state index contributed by atoms with van der Waals surface area (Å²) in [5, 5.41) is 2.77. The highest BCUT2D eigenvalue weighted by Crippen LogP contribution is 2.15. The van der Waals surface area contributed by atoms with Crippen LogP contribution in [0.15, 0.2) is 6.07 Å². The molecule has 0 aliphatic rings. The van der Waals surface area contributed by atoms with Crippen LogP contribution in [0.4, 0.5) is 5.95 Å². The number of carbonyl (C=O) groups is 1. The van der Waals surface area contributed by atoms with Gasteiger partial charge >= 0.3 is 0 Å².